The predicted octanol–water partition coefficient (Wildman–Crippen LogP) is 1.82. The van der Waals surface area contributed by atoms with Crippen molar-refractivity contribution in [3.63, 3.8) is 0 Å². The number of nitrogens with two attached hydrogens (primary N) is 1. The molecule has 0 aliphatic heterocycles. The van der Waals surface area contributed by atoms with E-state index in [2.05, 4.69) is 5.32 Å². The highest BCUT2D eigenvalue weighted by atomic mass is 19.1. The van der Waals surface area contributed by atoms with Gasteiger partial charge in [0.25, 0.3) is 5.91 Å². The summed E-state index contributed by atoms with van der Waals surface area (Å²) in [5.74, 6) is -1.58. The van der Waals surface area contributed by atoms with Gasteiger partial charge in [-0.2, -0.15) is 0 Å². The van der Waals surface area contributed by atoms with Crippen LogP contribution in [0.5, 0.6) is 0 Å². The van der Waals surface area contributed by atoms with Crippen molar-refractivity contribution >= 4 is 5.91 Å². The van der Waals surface area contributed by atoms with Crippen LogP contribution in [0.1, 0.15) is 29.6 Å². The highest BCUT2D eigenvalue weighted by Gasteiger charge is 2.22. The molecule has 0 radical (unpaired) electrons. The monoisotopic (exact) mass is 254 g/mol. The van der Waals surface area contributed by atoms with Gasteiger partial charge in [-0.3, -0.25) is 4.79 Å². The Morgan fingerprint density at radius 1 is 1.28 bits per heavy atom. The highest BCUT2D eigenvalue weighted by Crippen LogP contribution is 2.23. The molecule has 1 fully saturated rings. The lowest BCUT2D eigenvalue weighted by molar-refractivity contribution is 0.0946. The molecular formula is C13H16F2N2O. The fourth-order valence-electron chi connectivity index (χ4n) is 2.32. The van der Waals surface area contributed by atoms with Gasteiger partial charge in [-0.15, -0.1) is 0 Å². The maximum absolute atomic E-state index is 12.9. The van der Waals surface area contributed by atoms with Crippen LogP contribution in [0.15, 0.2) is 18.2 Å². The molecule has 1 aliphatic carbocycles. The molecule has 0 saturated heterocycles. The first-order valence-electron chi connectivity index (χ1n) is 6.04. The summed E-state index contributed by atoms with van der Waals surface area (Å²) in [6.45, 7) is 0.505. The molecule has 5 heteroatoms. The molecule has 1 aromatic rings. The Morgan fingerprint density at radius 3 is 2.50 bits per heavy atom. The average molecular weight is 254 g/mol. The van der Waals surface area contributed by atoms with Gasteiger partial charge >= 0.3 is 0 Å². The van der Waals surface area contributed by atoms with Gasteiger partial charge in [0.2, 0.25) is 0 Å². The van der Waals surface area contributed by atoms with Crippen LogP contribution in [-0.4, -0.2) is 18.5 Å². The van der Waals surface area contributed by atoms with E-state index >= 15 is 0 Å². The van der Waals surface area contributed by atoms with E-state index in [0.717, 1.165) is 37.5 Å². The van der Waals surface area contributed by atoms with Gasteiger partial charge in [0.05, 0.1) is 0 Å². The summed E-state index contributed by atoms with van der Waals surface area (Å²) in [5.41, 5.74) is 5.78. The third-order valence-electron chi connectivity index (χ3n) is 3.26. The third-order valence-corrected chi connectivity index (χ3v) is 3.26. The number of hydrogen-bond acceptors (Lipinski definition) is 2. The fraction of sp³-hybridized carbons (Fsp3) is 0.462. The Balaban J connectivity index is 1.91. The smallest absolute Gasteiger partial charge is 0.251 e. The van der Waals surface area contributed by atoms with E-state index < -0.39 is 17.5 Å². The zero-order valence-electron chi connectivity index (χ0n) is 9.96. The average Bonchev–Trinajstić information content (AvgIpc) is 2.70. The van der Waals surface area contributed by atoms with E-state index in [4.69, 9.17) is 5.73 Å². The SMILES string of the molecule is NC1CCC(CNC(=O)c2cc(F)cc(F)c2)C1. The lowest BCUT2D eigenvalue weighted by Crippen LogP contribution is -2.29. The van der Waals surface area contributed by atoms with Crippen molar-refractivity contribution in [2.24, 2.45) is 11.7 Å². The minimum Gasteiger partial charge on any atom is -0.352 e. The number of carbonyl (C=O) groups is 1. The van der Waals surface area contributed by atoms with Crippen molar-refractivity contribution in [2.45, 2.75) is 25.3 Å². The van der Waals surface area contributed by atoms with Gasteiger partial charge in [0.15, 0.2) is 0 Å². The Kier molecular flexibility index (Phi) is 3.91. The van der Waals surface area contributed by atoms with Crippen LogP contribution >= 0.6 is 0 Å². The first-order valence-corrected chi connectivity index (χ1v) is 6.04. The van der Waals surface area contributed by atoms with Crippen molar-refractivity contribution in [1.82, 2.24) is 5.32 Å². The molecule has 1 amide bonds. The van der Waals surface area contributed by atoms with Crippen LogP contribution in [0.4, 0.5) is 8.78 Å². The zero-order valence-corrected chi connectivity index (χ0v) is 9.96. The van der Waals surface area contributed by atoms with Crippen LogP contribution in [0, 0.1) is 17.6 Å². The van der Waals surface area contributed by atoms with Crippen LogP contribution < -0.4 is 11.1 Å². The number of benzene rings is 1. The quantitative estimate of drug-likeness (QED) is 0.864. The molecule has 18 heavy (non-hydrogen) atoms. The highest BCUT2D eigenvalue weighted by molar-refractivity contribution is 5.94. The summed E-state index contributed by atoms with van der Waals surface area (Å²) in [7, 11) is 0. The molecule has 0 spiro atoms. The molecule has 0 heterocycles. The third kappa shape index (κ3) is 3.26. The van der Waals surface area contributed by atoms with Crippen LogP contribution in [-0.2, 0) is 0 Å². The summed E-state index contributed by atoms with van der Waals surface area (Å²) in [6.07, 6.45) is 2.84. The minimum atomic E-state index is -0.747. The van der Waals surface area contributed by atoms with E-state index in [1.165, 1.54) is 0 Å². The van der Waals surface area contributed by atoms with E-state index in [1.807, 2.05) is 0 Å². The fourth-order valence-corrected chi connectivity index (χ4v) is 2.32. The van der Waals surface area contributed by atoms with Gasteiger partial charge in [0, 0.05) is 24.2 Å². The van der Waals surface area contributed by atoms with Crippen molar-refractivity contribution < 1.29 is 13.6 Å². The second kappa shape index (κ2) is 5.44. The molecular weight excluding hydrogens is 238 g/mol. The molecule has 3 N–H and O–H groups in total. The molecule has 2 atom stereocenters. The summed E-state index contributed by atoms with van der Waals surface area (Å²) >= 11 is 0. The van der Waals surface area contributed by atoms with Crippen LogP contribution in [0.2, 0.25) is 0 Å². The van der Waals surface area contributed by atoms with E-state index in [-0.39, 0.29) is 11.6 Å². The van der Waals surface area contributed by atoms with Gasteiger partial charge in [-0.05, 0) is 37.3 Å². The van der Waals surface area contributed by atoms with Crippen molar-refractivity contribution in [3.8, 4) is 0 Å². The van der Waals surface area contributed by atoms with Gasteiger partial charge in [0.1, 0.15) is 11.6 Å². The second-order valence-corrected chi connectivity index (χ2v) is 4.81. The van der Waals surface area contributed by atoms with Crippen molar-refractivity contribution in [2.75, 3.05) is 6.54 Å². The van der Waals surface area contributed by atoms with Gasteiger partial charge in [-0.1, -0.05) is 0 Å². The molecule has 1 aromatic carbocycles. The standard InChI is InChI=1S/C13H16F2N2O/c14-10-4-9(5-11(15)6-10)13(18)17-7-8-1-2-12(16)3-8/h4-6,8,12H,1-3,7,16H2,(H,17,18). The number of nitrogens with one attached hydrogen (secondary N) is 1. The predicted molar refractivity (Wildman–Crippen MR) is 64.0 cm³/mol. The zero-order chi connectivity index (χ0) is 13.1. The molecule has 2 rings (SSSR count). The molecule has 98 valence electrons. The number of halogens is 2. The molecule has 0 bridgehead atoms. The summed E-state index contributed by atoms with van der Waals surface area (Å²) in [5, 5.41) is 2.69. The summed E-state index contributed by atoms with van der Waals surface area (Å²) < 4.78 is 25.9. The van der Waals surface area contributed by atoms with Crippen LogP contribution in [0.25, 0.3) is 0 Å². The maximum atomic E-state index is 12.9. The number of hydrogen-bond donors (Lipinski definition) is 2. The molecule has 1 saturated carbocycles. The molecule has 0 aromatic heterocycles. The number of carbonyl (C=O) groups excluding carboxylic acids is 1. The first-order chi connectivity index (χ1) is 8.54. The van der Waals surface area contributed by atoms with Crippen molar-refractivity contribution in [1.29, 1.82) is 0 Å². The van der Waals surface area contributed by atoms with E-state index in [9.17, 15) is 13.6 Å². The lowest BCUT2D eigenvalue weighted by atomic mass is 10.1. The molecule has 2 unspecified atom stereocenters. The topological polar surface area (TPSA) is 55.1 Å². The Bertz CT molecular complexity index is 430. The molecule has 3 nitrogen and oxygen atoms in total. The Labute approximate surface area is 104 Å². The summed E-state index contributed by atoms with van der Waals surface area (Å²) in [6, 6.07) is 3.00. The summed E-state index contributed by atoms with van der Waals surface area (Å²) in [4.78, 5) is 11.7. The van der Waals surface area contributed by atoms with Crippen LogP contribution in [0.3, 0.4) is 0 Å². The lowest BCUT2D eigenvalue weighted by Gasteiger charge is -2.11. The normalized spacial score (nSPS) is 23.1. The largest absolute Gasteiger partial charge is 0.352 e. The Hall–Kier alpha value is -1.49. The van der Waals surface area contributed by atoms with Gasteiger partial charge < -0.3 is 11.1 Å². The van der Waals surface area contributed by atoms with E-state index in [1.54, 1.807) is 0 Å². The number of rotatable bonds is 3. The van der Waals surface area contributed by atoms with Gasteiger partial charge in [-0.25, -0.2) is 8.78 Å². The maximum Gasteiger partial charge on any atom is 0.251 e. The first kappa shape index (κ1) is 13.0. The van der Waals surface area contributed by atoms with E-state index in [0.29, 0.717) is 12.5 Å². The number of amides is 1. The molecule has 1 aliphatic rings. The second-order valence-electron chi connectivity index (χ2n) is 4.81. The van der Waals surface area contributed by atoms with Crippen molar-refractivity contribution in [3.05, 3.63) is 35.4 Å². The minimum absolute atomic E-state index is 0.00907. The Morgan fingerprint density at radius 2 is 1.94 bits per heavy atom.